The van der Waals surface area contributed by atoms with E-state index in [1.807, 2.05) is 58.9 Å². The molecule has 0 saturated heterocycles. The van der Waals surface area contributed by atoms with Crippen molar-refractivity contribution in [1.82, 2.24) is 16.0 Å². The van der Waals surface area contributed by atoms with Crippen molar-refractivity contribution < 1.29 is 9.53 Å². The maximum absolute atomic E-state index is 11.9. The Labute approximate surface area is 178 Å². The molecule has 1 aromatic rings. The fraction of sp³-hybridized carbons (Fsp3) is 0.556. The maximum Gasteiger partial charge on any atom is 0.408 e. The number of halogens is 2. The van der Waals surface area contributed by atoms with Gasteiger partial charge in [-0.05, 0) is 52.3 Å². The lowest BCUT2D eigenvalue weighted by molar-refractivity contribution is 0.0474. The van der Waals surface area contributed by atoms with Gasteiger partial charge in [0.1, 0.15) is 5.60 Å². The summed E-state index contributed by atoms with van der Waals surface area (Å²) in [5.41, 5.74) is 0.0720. The van der Waals surface area contributed by atoms with E-state index in [-0.39, 0.29) is 24.0 Å². The van der Waals surface area contributed by atoms with Gasteiger partial charge < -0.3 is 20.7 Å². The summed E-state index contributed by atoms with van der Waals surface area (Å²) in [5.74, 6) is 0.647. The first-order valence-corrected chi connectivity index (χ1v) is 8.59. The largest absolute Gasteiger partial charge is 0.444 e. The number of carbonyl (C=O) groups excluding carboxylic acids is 1. The lowest BCUT2D eigenvalue weighted by Crippen LogP contribution is -2.54. The number of amides is 1. The molecule has 0 spiro atoms. The van der Waals surface area contributed by atoms with E-state index in [1.54, 1.807) is 7.05 Å². The van der Waals surface area contributed by atoms with Crippen LogP contribution in [0.5, 0.6) is 0 Å². The highest BCUT2D eigenvalue weighted by Crippen LogP contribution is 2.10. The highest BCUT2D eigenvalue weighted by Gasteiger charge is 2.24. The summed E-state index contributed by atoms with van der Waals surface area (Å²) in [6.07, 6.45) is -0.441. The molecule has 0 aliphatic rings. The van der Waals surface area contributed by atoms with Crippen LogP contribution in [0, 0.1) is 0 Å². The minimum Gasteiger partial charge on any atom is -0.444 e. The second kappa shape index (κ2) is 10.8. The number of hydrogen-bond donors (Lipinski definition) is 3. The number of rotatable bonds is 5. The molecule has 0 atom stereocenters. The first-order chi connectivity index (χ1) is 11.5. The number of aliphatic imine (C=N–C) groups is 1. The third-order valence-corrected chi connectivity index (χ3v) is 3.39. The van der Waals surface area contributed by atoms with Crippen molar-refractivity contribution >= 4 is 47.6 Å². The van der Waals surface area contributed by atoms with Crippen molar-refractivity contribution in [2.75, 3.05) is 13.6 Å². The number of alkyl carbamates (subject to hydrolysis) is 1. The van der Waals surface area contributed by atoms with Gasteiger partial charge in [-0.15, -0.1) is 24.0 Å². The topological polar surface area (TPSA) is 74.8 Å². The lowest BCUT2D eigenvalue weighted by Gasteiger charge is -2.29. The molecule has 0 aliphatic carbocycles. The van der Waals surface area contributed by atoms with E-state index < -0.39 is 17.2 Å². The molecule has 0 aliphatic heterocycles. The number of nitrogens with one attached hydrogen (secondary N) is 3. The van der Waals surface area contributed by atoms with Crippen LogP contribution in [-0.2, 0) is 11.3 Å². The molecule has 26 heavy (non-hydrogen) atoms. The first kappa shape index (κ1) is 24.8. The van der Waals surface area contributed by atoms with Crippen LogP contribution in [0.25, 0.3) is 0 Å². The smallest absolute Gasteiger partial charge is 0.408 e. The van der Waals surface area contributed by atoms with E-state index in [4.69, 9.17) is 16.3 Å². The van der Waals surface area contributed by atoms with Crippen molar-refractivity contribution in [1.29, 1.82) is 0 Å². The van der Waals surface area contributed by atoms with E-state index in [0.717, 1.165) is 5.56 Å². The van der Waals surface area contributed by atoms with E-state index >= 15 is 0 Å². The molecule has 148 valence electrons. The zero-order valence-corrected chi connectivity index (χ0v) is 19.4. The average Bonchev–Trinajstić information content (AvgIpc) is 2.46. The Bertz CT molecular complexity index is 598. The molecule has 3 N–H and O–H groups in total. The molecule has 0 bridgehead atoms. The van der Waals surface area contributed by atoms with E-state index in [1.165, 1.54) is 0 Å². The molecular formula is C18H30ClIN4O2. The molecule has 0 fully saturated rings. The van der Waals surface area contributed by atoms with Gasteiger partial charge in [-0.3, -0.25) is 4.99 Å². The summed E-state index contributed by atoms with van der Waals surface area (Å²) in [6.45, 7) is 10.4. The normalized spacial score (nSPS) is 12.0. The van der Waals surface area contributed by atoms with Gasteiger partial charge in [-0.25, -0.2) is 4.79 Å². The fourth-order valence-electron chi connectivity index (χ4n) is 1.94. The Morgan fingerprint density at radius 1 is 1.12 bits per heavy atom. The fourth-order valence-corrected chi connectivity index (χ4v) is 2.06. The minimum atomic E-state index is -0.524. The van der Waals surface area contributed by atoms with Crippen LogP contribution >= 0.6 is 35.6 Å². The summed E-state index contributed by atoms with van der Waals surface area (Å²) >= 11 is 5.88. The predicted molar refractivity (Wildman–Crippen MR) is 119 cm³/mol. The van der Waals surface area contributed by atoms with Crippen molar-refractivity contribution in [3.8, 4) is 0 Å². The Kier molecular flexibility index (Phi) is 10.3. The number of benzene rings is 1. The summed E-state index contributed by atoms with van der Waals surface area (Å²) in [7, 11) is 1.70. The highest BCUT2D eigenvalue weighted by atomic mass is 127. The summed E-state index contributed by atoms with van der Waals surface area (Å²) in [5, 5.41) is 9.98. The third-order valence-electron chi connectivity index (χ3n) is 3.13. The quantitative estimate of drug-likeness (QED) is 0.328. The maximum atomic E-state index is 11.9. The summed E-state index contributed by atoms with van der Waals surface area (Å²) < 4.78 is 5.29. The Balaban J connectivity index is 0.00000625. The second-order valence-corrected chi connectivity index (χ2v) is 7.85. The average molecular weight is 497 g/mol. The number of nitrogens with zero attached hydrogens (tertiary/aromatic N) is 1. The SMILES string of the molecule is CN=C(NCc1ccc(Cl)cc1)NCC(C)(C)NC(=O)OC(C)(C)C.I. The molecule has 1 amide bonds. The first-order valence-electron chi connectivity index (χ1n) is 8.21. The molecule has 6 nitrogen and oxygen atoms in total. The Morgan fingerprint density at radius 3 is 2.19 bits per heavy atom. The van der Waals surface area contributed by atoms with Crippen molar-refractivity contribution in [2.45, 2.75) is 52.3 Å². The van der Waals surface area contributed by atoms with Crippen LogP contribution in [0.1, 0.15) is 40.2 Å². The number of carbonyl (C=O) groups is 1. The van der Waals surface area contributed by atoms with Gasteiger partial charge in [-0.1, -0.05) is 23.7 Å². The molecular weight excluding hydrogens is 467 g/mol. The van der Waals surface area contributed by atoms with Gasteiger partial charge in [0.15, 0.2) is 5.96 Å². The zero-order valence-electron chi connectivity index (χ0n) is 16.3. The van der Waals surface area contributed by atoms with Crippen LogP contribution in [0.15, 0.2) is 29.3 Å². The molecule has 0 aromatic heterocycles. The van der Waals surface area contributed by atoms with E-state index in [2.05, 4.69) is 20.9 Å². The molecule has 8 heteroatoms. The molecule has 0 heterocycles. The summed E-state index contributed by atoms with van der Waals surface area (Å²) in [6, 6.07) is 7.61. The molecule has 1 aromatic carbocycles. The third kappa shape index (κ3) is 10.7. The van der Waals surface area contributed by atoms with E-state index in [0.29, 0.717) is 24.1 Å². The van der Waals surface area contributed by atoms with Gasteiger partial charge in [-0.2, -0.15) is 0 Å². The highest BCUT2D eigenvalue weighted by molar-refractivity contribution is 14.0. The van der Waals surface area contributed by atoms with Gasteiger partial charge in [0, 0.05) is 25.2 Å². The standard InChI is InChI=1S/C18H29ClN4O2.HI/c1-17(2,3)25-16(24)23-18(4,5)12-22-15(20-6)21-11-13-7-9-14(19)10-8-13;/h7-10H,11-12H2,1-6H3,(H,23,24)(H2,20,21,22);1H. The Morgan fingerprint density at radius 2 is 1.69 bits per heavy atom. The molecule has 0 unspecified atom stereocenters. The van der Waals surface area contributed by atoms with Crippen molar-refractivity contribution in [2.24, 2.45) is 4.99 Å². The zero-order chi connectivity index (χ0) is 19.1. The van der Waals surface area contributed by atoms with Crippen LogP contribution in [0.2, 0.25) is 5.02 Å². The van der Waals surface area contributed by atoms with Crippen molar-refractivity contribution in [3.63, 3.8) is 0 Å². The lowest BCUT2D eigenvalue weighted by atomic mass is 10.1. The number of guanidine groups is 1. The number of ether oxygens (including phenoxy) is 1. The van der Waals surface area contributed by atoms with Crippen LogP contribution in [0.4, 0.5) is 4.79 Å². The second-order valence-electron chi connectivity index (χ2n) is 7.42. The molecule has 0 saturated carbocycles. The number of hydrogen-bond acceptors (Lipinski definition) is 3. The minimum absolute atomic E-state index is 0. The van der Waals surface area contributed by atoms with Crippen molar-refractivity contribution in [3.05, 3.63) is 34.9 Å². The monoisotopic (exact) mass is 496 g/mol. The van der Waals surface area contributed by atoms with Gasteiger partial charge >= 0.3 is 6.09 Å². The van der Waals surface area contributed by atoms with Crippen LogP contribution in [0.3, 0.4) is 0 Å². The molecule has 0 radical (unpaired) electrons. The van der Waals surface area contributed by atoms with E-state index in [9.17, 15) is 4.79 Å². The van der Waals surface area contributed by atoms with Gasteiger partial charge in [0.2, 0.25) is 0 Å². The van der Waals surface area contributed by atoms with Crippen LogP contribution < -0.4 is 16.0 Å². The van der Waals surface area contributed by atoms with Gasteiger partial charge in [0.25, 0.3) is 0 Å². The summed E-state index contributed by atoms with van der Waals surface area (Å²) in [4.78, 5) is 16.1. The molecule has 1 rings (SSSR count). The van der Waals surface area contributed by atoms with Crippen LogP contribution in [-0.4, -0.2) is 36.8 Å². The Hall–Kier alpha value is -1.22. The predicted octanol–water partition coefficient (Wildman–Crippen LogP) is 3.93. The van der Waals surface area contributed by atoms with Gasteiger partial charge in [0.05, 0.1) is 5.54 Å².